The molecule has 0 radical (unpaired) electrons. The number of sulfonamides is 1. The molecule has 1 aromatic carbocycles. The van der Waals surface area contributed by atoms with Gasteiger partial charge in [0.2, 0.25) is 4.80 Å². The zero-order valence-corrected chi connectivity index (χ0v) is 9.97. The molecule has 4 nitrogen and oxygen atoms in total. The van der Waals surface area contributed by atoms with E-state index in [9.17, 15) is 8.42 Å². The van der Waals surface area contributed by atoms with Crippen molar-refractivity contribution in [1.29, 1.82) is 0 Å². The average Bonchev–Trinajstić information content (AvgIpc) is 2.42. The van der Waals surface area contributed by atoms with Crippen molar-refractivity contribution in [3.63, 3.8) is 0 Å². The third kappa shape index (κ3) is 2.10. The van der Waals surface area contributed by atoms with Gasteiger partial charge in [-0.2, -0.15) is 0 Å². The Morgan fingerprint density at radius 3 is 2.60 bits per heavy atom. The Bertz CT molecular complexity index is 665. The topological polar surface area (TPSA) is 51.4 Å². The molecule has 0 aliphatic carbocycles. The van der Waals surface area contributed by atoms with Gasteiger partial charge in [-0.25, -0.2) is 8.42 Å². The molecule has 1 aromatic heterocycles. The Labute approximate surface area is 91.6 Å². The van der Waals surface area contributed by atoms with Gasteiger partial charge >= 0.3 is 0 Å². The van der Waals surface area contributed by atoms with Crippen LogP contribution in [0, 0.1) is 0 Å². The fourth-order valence-corrected chi connectivity index (χ4v) is 3.16. The highest BCUT2D eigenvalue weighted by molar-refractivity contribution is 7.89. The number of benzene rings is 1. The molecule has 0 unspecified atom stereocenters. The Hall–Kier alpha value is -1.14. The molecule has 0 atom stereocenters. The summed E-state index contributed by atoms with van der Waals surface area (Å²) in [5.41, 5.74) is 0.991. The van der Waals surface area contributed by atoms with E-state index in [1.165, 1.54) is 11.3 Å². The lowest BCUT2D eigenvalue weighted by molar-refractivity contribution is 0.602. The third-order valence-electron chi connectivity index (χ3n) is 1.96. The standard InChI is InChI=1S/C9H10N2O2S2/c1-11-7-5-3-4-6-8(7)14-9(11)10-15(2,12)13/h3-6H,1-2H3/b10-9-. The number of nitrogens with zero attached hydrogens (tertiary/aromatic N) is 2. The third-order valence-corrected chi connectivity index (χ3v) is 3.69. The van der Waals surface area contributed by atoms with Crippen molar-refractivity contribution in [2.24, 2.45) is 11.4 Å². The number of hydrogen-bond acceptors (Lipinski definition) is 3. The van der Waals surface area contributed by atoms with Gasteiger partial charge in [0.25, 0.3) is 10.0 Å². The normalized spacial score (nSPS) is 13.6. The molecule has 0 spiro atoms. The number of para-hydroxylation sites is 1. The first-order valence-electron chi connectivity index (χ1n) is 4.28. The maximum Gasteiger partial charge on any atom is 0.252 e. The minimum Gasteiger partial charge on any atom is -0.319 e. The number of fused-ring (bicyclic) bond motifs is 1. The fraction of sp³-hybridized carbons (Fsp3) is 0.222. The molecule has 0 aliphatic rings. The second-order valence-corrected chi connectivity index (χ2v) is 5.89. The molecule has 0 amide bonds. The first kappa shape index (κ1) is 10.4. The van der Waals surface area contributed by atoms with Gasteiger partial charge in [-0.05, 0) is 12.1 Å². The van der Waals surface area contributed by atoms with Crippen LogP contribution in [0.3, 0.4) is 0 Å². The van der Waals surface area contributed by atoms with Gasteiger partial charge in [0.1, 0.15) is 0 Å². The van der Waals surface area contributed by atoms with Crippen molar-refractivity contribution in [1.82, 2.24) is 4.57 Å². The molecule has 0 aliphatic heterocycles. The second kappa shape index (κ2) is 3.46. The summed E-state index contributed by atoms with van der Waals surface area (Å²) >= 11 is 1.37. The van der Waals surface area contributed by atoms with E-state index in [1.807, 2.05) is 31.3 Å². The van der Waals surface area contributed by atoms with E-state index < -0.39 is 10.0 Å². The number of rotatable bonds is 1. The van der Waals surface area contributed by atoms with Crippen LogP contribution in [0.4, 0.5) is 0 Å². The predicted octanol–water partition coefficient (Wildman–Crippen LogP) is 1.10. The van der Waals surface area contributed by atoms with Crippen molar-refractivity contribution in [2.45, 2.75) is 0 Å². The molecular formula is C9H10N2O2S2. The number of aromatic nitrogens is 1. The summed E-state index contributed by atoms with van der Waals surface area (Å²) < 4.78 is 28.6. The number of thiazole rings is 1. The van der Waals surface area contributed by atoms with Crippen LogP contribution < -0.4 is 4.80 Å². The quantitative estimate of drug-likeness (QED) is 0.752. The molecule has 80 valence electrons. The summed E-state index contributed by atoms with van der Waals surface area (Å²) in [6.07, 6.45) is 1.09. The lowest BCUT2D eigenvalue weighted by Gasteiger charge is -1.93. The molecular weight excluding hydrogens is 232 g/mol. The number of aryl methyl sites for hydroxylation is 1. The van der Waals surface area contributed by atoms with Gasteiger partial charge in [0.05, 0.1) is 16.5 Å². The van der Waals surface area contributed by atoms with Gasteiger partial charge in [-0.1, -0.05) is 23.5 Å². The van der Waals surface area contributed by atoms with Crippen molar-refractivity contribution in [3.05, 3.63) is 29.1 Å². The molecule has 6 heteroatoms. The summed E-state index contributed by atoms with van der Waals surface area (Å²) in [4.78, 5) is 0.499. The van der Waals surface area contributed by atoms with Gasteiger partial charge < -0.3 is 4.57 Å². The average molecular weight is 242 g/mol. The molecule has 2 rings (SSSR count). The molecule has 0 saturated heterocycles. The fourth-order valence-electron chi connectivity index (χ4n) is 1.31. The zero-order chi connectivity index (χ0) is 11.1. The first-order valence-corrected chi connectivity index (χ1v) is 6.94. The molecule has 0 fully saturated rings. The van der Waals surface area contributed by atoms with Crippen LogP contribution in [0.2, 0.25) is 0 Å². The van der Waals surface area contributed by atoms with E-state index >= 15 is 0 Å². The van der Waals surface area contributed by atoms with Crippen LogP contribution in [-0.4, -0.2) is 19.2 Å². The van der Waals surface area contributed by atoms with E-state index in [2.05, 4.69) is 4.40 Å². The minimum atomic E-state index is -3.33. The van der Waals surface area contributed by atoms with Crippen LogP contribution in [0.25, 0.3) is 10.2 Å². The predicted molar refractivity (Wildman–Crippen MR) is 61.2 cm³/mol. The van der Waals surface area contributed by atoms with Crippen LogP contribution in [0.5, 0.6) is 0 Å². The van der Waals surface area contributed by atoms with E-state index in [-0.39, 0.29) is 0 Å². The monoisotopic (exact) mass is 242 g/mol. The lowest BCUT2D eigenvalue weighted by atomic mass is 10.3. The Morgan fingerprint density at radius 2 is 2.00 bits per heavy atom. The van der Waals surface area contributed by atoms with Gasteiger partial charge in [0, 0.05) is 7.05 Å². The Morgan fingerprint density at radius 1 is 1.33 bits per heavy atom. The maximum absolute atomic E-state index is 11.1. The van der Waals surface area contributed by atoms with Crippen molar-refractivity contribution >= 4 is 31.6 Å². The van der Waals surface area contributed by atoms with Gasteiger partial charge in [-0.3, -0.25) is 0 Å². The lowest BCUT2D eigenvalue weighted by Crippen LogP contribution is -2.12. The largest absolute Gasteiger partial charge is 0.319 e. The van der Waals surface area contributed by atoms with Crippen LogP contribution >= 0.6 is 11.3 Å². The van der Waals surface area contributed by atoms with Crippen molar-refractivity contribution in [2.75, 3.05) is 6.26 Å². The smallest absolute Gasteiger partial charge is 0.252 e. The van der Waals surface area contributed by atoms with E-state index in [4.69, 9.17) is 0 Å². The highest BCUT2D eigenvalue weighted by Crippen LogP contribution is 2.15. The zero-order valence-electron chi connectivity index (χ0n) is 8.34. The summed E-state index contributed by atoms with van der Waals surface area (Å²) in [6.45, 7) is 0. The van der Waals surface area contributed by atoms with E-state index in [0.29, 0.717) is 4.80 Å². The highest BCUT2D eigenvalue weighted by Gasteiger charge is 2.03. The highest BCUT2D eigenvalue weighted by atomic mass is 32.2. The Kier molecular flexibility index (Phi) is 2.40. The molecule has 0 N–H and O–H groups in total. The van der Waals surface area contributed by atoms with Crippen molar-refractivity contribution in [3.8, 4) is 0 Å². The maximum atomic E-state index is 11.1. The van der Waals surface area contributed by atoms with Crippen molar-refractivity contribution < 1.29 is 8.42 Å². The summed E-state index contributed by atoms with van der Waals surface area (Å²) in [7, 11) is -1.52. The molecule has 0 bridgehead atoms. The second-order valence-electron chi connectivity index (χ2n) is 3.24. The van der Waals surface area contributed by atoms with Crippen LogP contribution in [0.15, 0.2) is 28.7 Å². The molecule has 15 heavy (non-hydrogen) atoms. The summed E-state index contributed by atoms with van der Waals surface area (Å²) in [6, 6.07) is 7.72. The van der Waals surface area contributed by atoms with Gasteiger partial charge in [-0.15, -0.1) is 4.40 Å². The van der Waals surface area contributed by atoms with Crippen LogP contribution in [0.1, 0.15) is 0 Å². The molecule has 1 heterocycles. The summed E-state index contributed by atoms with van der Waals surface area (Å²) in [5.74, 6) is 0. The number of hydrogen-bond donors (Lipinski definition) is 0. The van der Waals surface area contributed by atoms with E-state index in [0.717, 1.165) is 16.5 Å². The Balaban J connectivity index is 2.86. The summed E-state index contributed by atoms with van der Waals surface area (Å²) in [5, 5.41) is 0. The molecule has 0 saturated carbocycles. The van der Waals surface area contributed by atoms with Crippen LogP contribution in [-0.2, 0) is 17.1 Å². The first-order chi connectivity index (χ1) is 6.97. The van der Waals surface area contributed by atoms with E-state index in [1.54, 1.807) is 4.57 Å². The minimum absolute atomic E-state index is 0.499. The van der Waals surface area contributed by atoms with Gasteiger partial charge in [0.15, 0.2) is 0 Å². The molecule has 2 aromatic rings. The SMILES string of the molecule is Cn1/c(=N/S(C)(=O)=O)sc2ccccc21.